The molecule has 0 aromatic heterocycles. The molecule has 2 aromatic rings. The van der Waals surface area contributed by atoms with E-state index in [1.165, 1.54) is 11.1 Å². The van der Waals surface area contributed by atoms with Gasteiger partial charge in [-0.3, -0.25) is 0 Å². The maximum Gasteiger partial charge on any atom is 0.129 e. The number of hydrogen-bond acceptors (Lipinski definition) is 1. The molecule has 0 radical (unpaired) electrons. The van der Waals surface area contributed by atoms with Crippen LogP contribution in [0.1, 0.15) is 29.7 Å². The quantitative estimate of drug-likeness (QED) is 0.634. The van der Waals surface area contributed by atoms with Crippen LogP contribution in [0.4, 0.5) is 0 Å². The standard InChI is InChI=1S/C20H25NSi/c1-17(20-11-6-5-7-12-20)21-16-19-10-8-9-18(15-19)13-14-22(2,3)4/h5-12,15,17,21H,16H2,1-4H3/t17-/m1/s1. The number of nitrogens with one attached hydrogen (secondary N) is 1. The third-order valence-corrected chi connectivity index (χ3v) is 4.30. The molecule has 0 aliphatic carbocycles. The van der Waals surface area contributed by atoms with Gasteiger partial charge in [0, 0.05) is 18.2 Å². The van der Waals surface area contributed by atoms with E-state index in [9.17, 15) is 0 Å². The van der Waals surface area contributed by atoms with Crippen molar-refractivity contribution >= 4 is 8.07 Å². The molecular formula is C20H25NSi. The van der Waals surface area contributed by atoms with Crippen LogP contribution < -0.4 is 5.32 Å². The lowest BCUT2D eigenvalue weighted by Gasteiger charge is -2.14. The van der Waals surface area contributed by atoms with E-state index in [1.807, 2.05) is 0 Å². The van der Waals surface area contributed by atoms with Gasteiger partial charge in [0.1, 0.15) is 8.07 Å². The van der Waals surface area contributed by atoms with Gasteiger partial charge in [-0.25, -0.2) is 0 Å². The smallest absolute Gasteiger partial charge is 0.129 e. The van der Waals surface area contributed by atoms with Gasteiger partial charge in [0.25, 0.3) is 0 Å². The predicted molar refractivity (Wildman–Crippen MR) is 98.4 cm³/mol. The van der Waals surface area contributed by atoms with Crippen LogP contribution in [0, 0.1) is 11.5 Å². The molecule has 2 heteroatoms. The van der Waals surface area contributed by atoms with Crippen LogP contribution in [0.25, 0.3) is 0 Å². The summed E-state index contributed by atoms with van der Waals surface area (Å²) in [5, 5.41) is 3.58. The van der Waals surface area contributed by atoms with Crippen LogP contribution in [0.15, 0.2) is 54.6 Å². The molecule has 0 saturated carbocycles. The van der Waals surface area contributed by atoms with Crippen LogP contribution in [-0.2, 0) is 6.54 Å². The minimum atomic E-state index is -1.31. The molecule has 114 valence electrons. The van der Waals surface area contributed by atoms with Crippen LogP contribution in [0.2, 0.25) is 19.6 Å². The molecule has 0 bridgehead atoms. The molecular weight excluding hydrogens is 282 g/mol. The number of benzene rings is 2. The summed E-state index contributed by atoms with van der Waals surface area (Å²) in [6.07, 6.45) is 0. The van der Waals surface area contributed by atoms with E-state index in [1.54, 1.807) is 0 Å². The van der Waals surface area contributed by atoms with Gasteiger partial charge in [-0.05, 0) is 30.2 Å². The summed E-state index contributed by atoms with van der Waals surface area (Å²) >= 11 is 0. The Labute approximate surface area is 135 Å². The highest BCUT2D eigenvalue weighted by atomic mass is 28.3. The zero-order valence-corrected chi connectivity index (χ0v) is 15.0. The zero-order chi connectivity index (χ0) is 16.0. The first kappa shape index (κ1) is 16.5. The third-order valence-electron chi connectivity index (χ3n) is 3.42. The molecule has 0 spiro atoms. The van der Waals surface area contributed by atoms with Crippen molar-refractivity contribution in [2.75, 3.05) is 0 Å². The highest BCUT2D eigenvalue weighted by molar-refractivity contribution is 6.83. The van der Waals surface area contributed by atoms with Crippen molar-refractivity contribution in [1.82, 2.24) is 5.32 Å². The van der Waals surface area contributed by atoms with Crippen LogP contribution in [0.5, 0.6) is 0 Å². The molecule has 0 aliphatic heterocycles. The monoisotopic (exact) mass is 307 g/mol. The van der Waals surface area contributed by atoms with Gasteiger partial charge in [0.2, 0.25) is 0 Å². The second-order valence-corrected chi connectivity index (χ2v) is 11.5. The molecule has 2 rings (SSSR count). The van der Waals surface area contributed by atoms with Gasteiger partial charge in [0.15, 0.2) is 0 Å². The molecule has 0 heterocycles. The van der Waals surface area contributed by atoms with Gasteiger partial charge in [-0.1, -0.05) is 68.0 Å². The Morgan fingerprint density at radius 3 is 2.41 bits per heavy atom. The fourth-order valence-corrected chi connectivity index (χ4v) is 2.67. The summed E-state index contributed by atoms with van der Waals surface area (Å²) < 4.78 is 0. The second kappa shape index (κ2) is 7.44. The third kappa shape index (κ3) is 5.52. The van der Waals surface area contributed by atoms with E-state index in [0.717, 1.165) is 12.1 Å². The largest absolute Gasteiger partial charge is 0.306 e. The predicted octanol–water partition coefficient (Wildman–Crippen LogP) is 4.77. The van der Waals surface area contributed by atoms with Gasteiger partial charge in [-0.2, -0.15) is 0 Å². The van der Waals surface area contributed by atoms with Crippen molar-refractivity contribution in [3.05, 3.63) is 71.3 Å². The fourth-order valence-electron chi connectivity index (χ4n) is 2.15. The first-order chi connectivity index (χ1) is 10.4. The lowest BCUT2D eigenvalue weighted by Crippen LogP contribution is -2.18. The Bertz CT molecular complexity index is 659. The molecule has 0 unspecified atom stereocenters. The summed E-state index contributed by atoms with van der Waals surface area (Å²) in [5.41, 5.74) is 7.14. The molecule has 2 aromatic carbocycles. The average Bonchev–Trinajstić information content (AvgIpc) is 2.51. The molecule has 1 atom stereocenters. The summed E-state index contributed by atoms with van der Waals surface area (Å²) in [5.74, 6) is 3.33. The summed E-state index contributed by atoms with van der Waals surface area (Å²) in [6, 6.07) is 19.4. The van der Waals surface area contributed by atoms with Crippen LogP contribution in [0.3, 0.4) is 0 Å². The molecule has 22 heavy (non-hydrogen) atoms. The van der Waals surface area contributed by atoms with Crippen molar-refractivity contribution in [2.24, 2.45) is 0 Å². The van der Waals surface area contributed by atoms with Gasteiger partial charge in [-0.15, -0.1) is 5.54 Å². The van der Waals surface area contributed by atoms with Crippen molar-refractivity contribution in [2.45, 2.75) is 39.2 Å². The van der Waals surface area contributed by atoms with Gasteiger partial charge in [0.05, 0.1) is 0 Å². The van der Waals surface area contributed by atoms with Gasteiger partial charge < -0.3 is 5.32 Å². The van der Waals surface area contributed by atoms with E-state index >= 15 is 0 Å². The Kier molecular flexibility index (Phi) is 5.60. The first-order valence-corrected chi connectivity index (χ1v) is 11.3. The fraction of sp³-hybridized carbons (Fsp3) is 0.300. The van der Waals surface area contributed by atoms with E-state index in [2.05, 4.69) is 97.9 Å². The molecule has 1 N–H and O–H groups in total. The minimum absolute atomic E-state index is 0.345. The Balaban J connectivity index is 2.00. The topological polar surface area (TPSA) is 12.0 Å². The molecule has 0 aliphatic rings. The highest BCUT2D eigenvalue weighted by Gasteiger charge is 2.07. The van der Waals surface area contributed by atoms with E-state index < -0.39 is 8.07 Å². The maximum atomic E-state index is 3.58. The minimum Gasteiger partial charge on any atom is -0.306 e. The van der Waals surface area contributed by atoms with Crippen molar-refractivity contribution in [3.8, 4) is 11.5 Å². The van der Waals surface area contributed by atoms with E-state index in [-0.39, 0.29) is 0 Å². The summed E-state index contributed by atoms with van der Waals surface area (Å²) in [6.45, 7) is 9.87. The Hall–Kier alpha value is -1.82. The van der Waals surface area contributed by atoms with Crippen molar-refractivity contribution in [1.29, 1.82) is 0 Å². The summed E-state index contributed by atoms with van der Waals surface area (Å²) in [7, 11) is -1.31. The molecule has 0 saturated heterocycles. The molecule has 0 amide bonds. The maximum absolute atomic E-state index is 3.58. The molecule has 1 nitrogen and oxygen atoms in total. The Morgan fingerprint density at radius 2 is 1.73 bits per heavy atom. The lowest BCUT2D eigenvalue weighted by molar-refractivity contribution is 0.574. The Morgan fingerprint density at radius 1 is 1.00 bits per heavy atom. The normalized spacial score (nSPS) is 12.4. The van der Waals surface area contributed by atoms with Crippen molar-refractivity contribution in [3.63, 3.8) is 0 Å². The lowest BCUT2D eigenvalue weighted by atomic mass is 10.1. The second-order valence-electron chi connectivity index (χ2n) is 6.71. The molecule has 0 fully saturated rings. The first-order valence-electron chi connectivity index (χ1n) is 7.84. The van der Waals surface area contributed by atoms with E-state index in [4.69, 9.17) is 0 Å². The SMILES string of the molecule is C[C@@H](NCc1cccc(C#C[Si](C)(C)C)c1)c1ccccc1. The van der Waals surface area contributed by atoms with Crippen LogP contribution in [-0.4, -0.2) is 8.07 Å². The zero-order valence-electron chi connectivity index (χ0n) is 14.0. The number of hydrogen-bond donors (Lipinski definition) is 1. The number of rotatable bonds is 4. The highest BCUT2D eigenvalue weighted by Crippen LogP contribution is 2.13. The summed E-state index contributed by atoms with van der Waals surface area (Å²) in [4.78, 5) is 0. The van der Waals surface area contributed by atoms with Gasteiger partial charge >= 0.3 is 0 Å². The van der Waals surface area contributed by atoms with Crippen LogP contribution >= 0.6 is 0 Å². The van der Waals surface area contributed by atoms with E-state index in [0.29, 0.717) is 6.04 Å². The van der Waals surface area contributed by atoms with Crippen molar-refractivity contribution < 1.29 is 0 Å². The average molecular weight is 308 g/mol.